The van der Waals surface area contributed by atoms with Crippen molar-refractivity contribution >= 4 is 29.1 Å². The standard InChI is InChI=1S/C11H6Cl2N2O4/c12-8-2-1-6(3-9(8)13)18-5-7-4-10(15-19-7)11(16)14-17/h1-4H,5H2. The van der Waals surface area contributed by atoms with Gasteiger partial charge in [-0.25, -0.2) is 0 Å². The van der Waals surface area contributed by atoms with Crippen LogP contribution in [0.3, 0.4) is 0 Å². The molecule has 1 heterocycles. The number of carbonyl (C=O) groups is 1. The third-order valence-corrected chi connectivity index (χ3v) is 2.87. The molecule has 1 amide bonds. The molecule has 0 saturated carbocycles. The number of hydrogen-bond donors (Lipinski definition) is 0. The van der Waals surface area contributed by atoms with E-state index in [9.17, 15) is 9.70 Å². The highest BCUT2D eigenvalue weighted by atomic mass is 35.5. The first-order valence-corrected chi connectivity index (χ1v) is 5.77. The largest absolute Gasteiger partial charge is 0.485 e. The lowest BCUT2D eigenvalue weighted by Gasteiger charge is -2.04. The fraction of sp³-hybridized carbons (Fsp3) is 0.0909. The van der Waals surface area contributed by atoms with Crippen LogP contribution in [0.4, 0.5) is 0 Å². The summed E-state index contributed by atoms with van der Waals surface area (Å²) in [5, 5.41) is 6.39. The average Bonchev–Trinajstić information content (AvgIpc) is 2.88. The maximum absolute atomic E-state index is 10.9. The number of hydrogen-bond acceptors (Lipinski definition) is 5. The van der Waals surface area contributed by atoms with Gasteiger partial charge in [-0.15, -0.1) is 4.91 Å². The molecule has 2 rings (SSSR count). The molecule has 6 nitrogen and oxygen atoms in total. The van der Waals surface area contributed by atoms with E-state index in [0.29, 0.717) is 15.8 Å². The summed E-state index contributed by atoms with van der Waals surface area (Å²) in [6, 6.07) is 6.04. The third-order valence-electron chi connectivity index (χ3n) is 2.13. The van der Waals surface area contributed by atoms with E-state index >= 15 is 0 Å². The highest BCUT2D eigenvalue weighted by molar-refractivity contribution is 6.42. The van der Waals surface area contributed by atoms with Crippen LogP contribution in [0, 0.1) is 4.91 Å². The molecule has 1 aromatic heterocycles. The fourth-order valence-electron chi connectivity index (χ4n) is 1.25. The minimum atomic E-state index is -0.996. The van der Waals surface area contributed by atoms with E-state index in [1.165, 1.54) is 6.07 Å². The van der Waals surface area contributed by atoms with Crippen molar-refractivity contribution in [3.05, 3.63) is 50.7 Å². The molecule has 0 bridgehead atoms. The van der Waals surface area contributed by atoms with Crippen LogP contribution in [0.15, 0.2) is 34.0 Å². The second-order valence-electron chi connectivity index (χ2n) is 3.44. The Morgan fingerprint density at radius 3 is 2.79 bits per heavy atom. The molecule has 0 saturated heterocycles. The van der Waals surface area contributed by atoms with Crippen molar-refractivity contribution in [3.8, 4) is 5.75 Å². The first-order chi connectivity index (χ1) is 9.10. The zero-order valence-electron chi connectivity index (χ0n) is 9.30. The summed E-state index contributed by atoms with van der Waals surface area (Å²) in [5.41, 5.74) is -0.164. The molecule has 8 heteroatoms. The van der Waals surface area contributed by atoms with E-state index in [4.69, 9.17) is 32.5 Å². The number of nitrogens with zero attached hydrogens (tertiary/aromatic N) is 2. The minimum Gasteiger partial charge on any atom is -0.485 e. The lowest BCUT2D eigenvalue weighted by molar-refractivity contribution is 0.0992. The fourth-order valence-corrected chi connectivity index (χ4v) is 1.54. The minimum absolute atomic E-state index is 0.0249. The van der Waals surface area contributed by atoms with Crippen molar-refractivity contribution < 1.29 is 14.1 Å². The maximum Gasteiger partial charge on any atom is 0.338 e. The maximum atomic E-state index is 10.9. The quantitative estimate of drug-likeness (QED) is 0.807. The summed E-state index contributed by atoms with van der Waals surface area (Å²) in [6.07, 6.45) is 0. The molecule has 98 valence electrons. The van der Waals surface area contributed by atoms with Gasteiger partial charge in [0.25, 0.3) is 0 Å². The Labute approximate surface area is 117 Å². The summed E-state index contributed by atoms with van der Waals surface area (Å²) in [6.45, 7) is 0.0249. The molecule has 0 aliphatic heterocycles. The van der Waals surface area contributed by atoms with Crippen molar-refractivity contribution in [2.24, 2.45) is 5.18 Å². The molecule has 2 aromatic rings. The molecular weight excluding hydrogens is 295 g/mol. The van der Waals surface area contributed by atoms with Gasteiger partial charge in [-0.3, -0.25) is 4.79 Å². The van der Waals surface area contributed by atoms with Gasteiger partial charge in [-0.2, -0.15) is 0 Å². The van der Waals surface area contributed by atoms with Gasteiger partial charge >= 0.3 is 5.91 Å². The Morgan fingerprint density at radius 2 is 2.11 bits per heavy atom. The zero-order chi connectivity index (χ0) is 13.8. The number of rotatable bonds is 4. The lowest BCUT2D eigenvalue weighted by atomic mass is 10.3. The first kappa shape index (κ1) is 13.5. The highest BCUT2D eigenvalue weighted by Gasteiger charge is 2.13. The third kappa shape index (κ3) is 3.30. The van der Waals surface area contributed by atoms with E-state index in [2.05, 4.69) is 10.3 Å². The first-order valence-electron chi connectivity index (χ1n) is 5.01. The van der Waals surface area contributed by atoms with Crippen LogP contribution in [0.25, 0.3) is 0 Å². The molecule has 1 aromatic carbocycles. The second-order valence-corrected chi connectivity index (χ2v) is 4.25. The molecule has 0 unspecified atom stereocenters. The monoisotopic (exact) mass is 300 g/mol. The molecule has 19 heavy (non-hydrogen) atoms. The molecule has 0 N–H and O–H groups in total. The van der Waals surface area contributed by atoms with Gasteiger partial charge in [0.1, 0.15) is 12.4 Å². The van der Waals surface area contributed by atoms with Gasteiger partial charge in [0.05, 0.1) is 10.0 Å². The molecule has 0 radical (unpaired) electrons. The van der Waals surface area contributed by atoms with Crippen LogP contribution in [0.2, 0.25) is 10.0 Å². The van der Waals surface area contributed by atoms with Crippen LogP contribution in [0.1, 0.15) is 16.2 Å². The van der Waals surface area contributed by atoms with E-state index < -0.39 is 5.91 Å². The Morgan fingerprint density at radius 1 is 1.32 bits per heavy atom. The molecule has 0 aliphatic carbocycles. The molecule has 0 atom stereocenters. The van der Waals surface area contributed by atoms with Gasteiger partial charge in [0, 0.05) is 17.3 Å². The van der Waals surface area contributed by atoms with E-state index in [-0.39, 0.29) is 18.1 Å². The number of aromatic nitrogens is 1. The van der Waals surface area contributed by atoms with Crippen molar-refractivity contribution in [1.82, 2.24) is 5.16 Å². The van der Waals surface area contributed by atoms with Crippen LogP contribution in [0.5, 0.6) is 5.75 Å². The van der Waals surface area contributed by atoms with Gasteiger partial charge in [0.15, 0.2) is 11.5 Å². The number of benzene rings is 1. The second kappa shape index (κ2) is 5.81. The highest BCUT2D eigenvalue weighted by Crippen LogP contribution is 2.26. The number of amides is 1. The molecule has 0 aliphatic rings. The lowest BCUT2D eigenvalue weighted by Crippen LogP contribution is -1.94. The van der Waals surface area contributed by atoms with Crippen LogP contribution < -0.4 is 4.74 Å². The van der Waals surface area contributed by atoms with Crippen molar-refractivity contribution in [2.75, 3.05) is 0 Å². The van der Waals surface area contributed by atoms with Crippen molar-refractivity contribution in [3.63, 3.8) is 0 Å². The van der Waals surface area contributed by atoms with E-state index in [1.807, 2.05) is 0 Å². The Bertz CT molecular complexity index is 627. The normalized spacial score (nSPS) is 10.2. The SMILES string of the molecule is O=NC(=O)c1cc(COc2ccc(Cl)c(Cl)c2)on1. The Kier molecular flexibility index (Phi) is 4.13. The molecular formula is C11H6Cl2N2O4. The number of carbonyl (C=O) groups excluding carboxylic acids is 1. The number of halogens is 2. The van der Waals surface area contributed by atoms with Gasteiger partial charge < -0.3 is 9.26 Å². The van der Waals surface area contributed by atoms with Crippen molar-refractivity contribution in [1.29, 1.82) is 0 Å². The molecule has 0 fully saturated rings. The van der Waals surface area contributed by atoms with Gasteiger partial charge in [-0.1, -0.05) is 28.4 Å². The number of nitroso groups, excluding NO2 is 1. The van der Waals surface area contributed by atoms with Gasteiger partial charge in [-0.05, 0) is 12.1 Å². The predicted octanol–water partition coefficient (Wildman–Crippen LogP) is 3.47. The van der Waals surface area contributed by atoms with Crippen LogP contribution in [-0.4, -0.2) is 11.1 Å². The summed E-state index contributed by atoms with van der Waals surface area (Å²) in [4.78, 5) is 20.9. The predicted molar refractivity (Wildman–Crippen MR) is 67.4 cm³/mol. The summed E-state index contributed by atoms with van der Waals surface area (Å²) >= 11 is 11.6. The van der Waals surface area contributed by atoms with Crippen molar-refractivity contribution in [2.45, 2.75) is 6.61 Å². The van der Waals surface area contributed by atoms with E-state index in [1.54, 1.807) is 18.2 Å². The Balaban J connectivity index is 2.02. The summed E-state index contributed by atoms with van der Waals surface area (Å²) < 4.78 is 10.2. The average molecular weight is 301 g/mol. The summed E-state index contributed by atoms with van der Waals surface area (Å²) in [5.74, 6) is -0.241. The zero-order valence-corrected chi connectivity index (χ0v) is 10.8. The van der Waals surface area contributed by atoms with Crippen LogP contribution >= 0.6 is 23.2 Å². The Hall–Kier alpha value is -1.92. The smallest absolute Gasteiger partial charge is 0.338 e. The van der Waals surface area contributed by atoms with Gasteiger partial charge in [0.2, 0.25) is 0 Å². The van der Waals surface area contributed by atoms with E-state index in [0.717, 1.165) is 0 Å². The van der Waals surface area contributed by atoms with Crippen LogP contribution in [-0.2, 0) is 6.61 Å². The topological polar surface area (TPSA) is 81.8 Å². The molecule has 0 spiro atoms. The summed E-state index contributed by atoms with van der Waals surface area (Å²) in [7, 11) is 0. The number of ether oxygens (including phenoxy) is 1.